The second kappa shape index (κ2) is 9.34. The number of sulfonamides is 1. The number of benzene rings is 3. The molecule has 0 unspecified atom stereocenters. The smallest absolute Gasteiger partial charge is 0.264 e. The largest absolute Gasteiger partial charge is 0.324 e. The summed E-state index contributed by atoms with van der Waals surface area (Å²) in [4.78, 5) is 12.8. The molecule has 0 aliphatic heterocycles. The summed E-state index contributed by atoms with van der Waals surface area (Å²) in [5.41, 5.74) is 0.765. The molecule has 0 bridgehead atoms. The third-order valence-corrected chi connectivity index (χ3v) is 6.82. The van der Waals surface area contributed by atoms with Crippen LogP contribution in [0.2, 0.25) is 10.0 Å². The van der Waals surface area contributed by atoms with E-state index in [1.807, 2.05) is 0 Å². The van der Waals surface area contributed by atoms with Crippen molar-refractivity contribution in [2.45, 2.75) is 4.90 Å². The van der Waals surface area contributed by atoms with Gasteiger partial charge in [0, 0.05) is 19.3 Å². The van der Waals surface area contributed by atoms with Crippen molar-refractivity contribution in [2.24, 2.45) is 0 Å². The van der Waals surface area contributed by atoms with Crippen LogP contribution in [0.1, 0.15) is 0 Å². The van der Waals surface area contributed by atoms with E-state index in [-0.39, 0.29) is 4.90 Å². The molecule has 3 aromatic rings. The number of hydrogen-bond acceptors (Lipinski definition) is 3. The summed E-state index contributed by atoms with van der Waals surface area (Å²) >= 11 is 14.0. The lowest BCUT2D eigenvalue weighted by Gasteiger charge is -2.24. The van der Waals surface area contributed by atoms with Crippen molar-refractivity contribution in [3.05, 3.63) is 86.4 Å². The molecule has 0 aromatic heterocycles. The lowest BCUT2D eigenvalue weighted by atomic mass is 10.3. The van der Waals surface area contributed by atoms with Crippen molar-refractivity contribution in [3.63, 3.8) is 0 Å². The molecule has 29 heavy (non-hydrogen) atoms. The number of amides is 1. The second-order valence-electron chi connectivity index (χ2n) is 6.01. The van der Waals surface area contributed by atoms with Crippen LogP contribution in [0.15, 0.2) is 77.7 Å². The van der Waals surface area contributed by atoms with Gasteiger partial charge < -0.3 is 5.32 Å². The van der Waals surface area contributed by atoms with Gasteiger partial charge in [-0.2, -0.15) is 0 Å². The zero-order chi connectivity index (χ0) is 21.0. The SMILES string of the molecule is O=C(CN(c1ccc(I)cc1)S(=O)(=O)c1ccccc1)Nc1cc(Cl)cc(Cl)c1. The Labute approximate surface area is 192 Å². The Bertz CT molecular complexity index is 1100. The van der Waals surface area contributed by atoms with E-state index < -0.39 is 22.5 Å². The van der Waals surface area contributed by atoms with Crippen LogP contribution in [0, 0.1) is 3.57 Å². The maximum Gasteiger partial charge on any atom is 0.264 e. The first-order chi connectivity index (χ1) is 13.8. The number of hydrogen-bond donors (Lipinski definition) is 1. The summed E-state index contributed by atoms with van der Waals surface area (Å²) in [6.45, 7) is -0.415. The highest BCUT2D eigenvalue weighted by Crippen LogP contribution is 2.26. The number of nitrogens with one attached hydrogen (secondary N) is 1. The summed E-state index contributed by atoms with van der Waals surface area (Å²) < 4.78 is 28.4. The molecular weight excluding hydrogens is 546 g/mol. The Balaban J connectivity index is 1.93. The predicted octanol–water partition coefficient (Wildman–Crippen LogP) is 5.43. The Morgan fingerprint density at radius 1 is 0.931 bits per heavy atom. The van der Waals surface area contributed by atoms with Crippen LogP contribution in [0.4, 0.5) is 11.4 Å². The van der Waals surface area contributed by atoms with Gasteiger partial charge in [-0.25, -0.2) is 8.42 Å². The normalized spacial score (nSPS) is 11.1. The second-order valence-corrected chi connectivity index (χ2v) is 9.99. The van der Waals surface area contributed by atoms with E-state index in [0.717, 1.165) is 7.88 Å². The molecule has 3 aromatic carbocycles. The van der Waals surface area contributed by atoms with Crippen LogP contribution in [0.3, 0.4) is 0 Å². The van der Waals surface area contributed by atoms with Crippen LogP contribution >= 0.6 is 45.8 Å². The first kappa shape index (κ1) is 21.9. The van der Waals surface area contributed by atoms with Crippen LogP contribution in [0.25, 0.3) is 0 Å². The maximum absolute atomic E-state index is 13.2. The quantitative estimate of drug-likeness (QED) is 0.409. The molecule has 1 N–H and O–H groups in total. The first-order valence-corrected chi connectivity index (χ1v) is 11.6. The van der Waals surface area contributed by atoms with Crippen molar-refractivity contribution in [2.75, 3.05) is 16.2 Å². The molecule has 0 radical (unpaired) electrons. The predicted molar refractivity (Wildman–Crippen MR) is 125 cm³/mol. The molecule has 1 amide bonds. The molecule has 0 aliphatic rings. The molecule has 0 atom stereocenters. The van der Waals surface area contributed by atoms with Gasteiger partial charge in [-0.1, -0.05) is 41.4 Å². The van der Waals surface area contributed by atoms with Gasteiger partial charge in [-0.05, 0) is 77.2 Å². The zero-order valence-corrected chi connectivity index (χ0v) is 19.3. The fourth-order valence-corrected chi connectivity index (χ4v) is 4.93. The Kier molecular flexibility index (Phi) is 7.05. The molecule has 0 fully saturated rings. The van der Waals surface area contributed by atoms with E-state index in [1.165, 1.54) is 30.3 Å². The van der Waals surface area contributed by atoms with Gasteiger partial charge in [-0.3, -0.25) is 9.10 Å². The number of halogens is 3. The highest BCUT2D eigenvalue weighted by atomic mass is 127. The molecule has 3 rings (SSSR count). The molecule has 0 aliphatic carbocycles. The van der Waals surface area contributed by atoms with Gasteiger partial charge in [0.2, 0.25) is 5.91 Å². The highest BCUT2D eigenvalue weighted by Gasteiger charge is 2.27. The van der Waals surface area contributed by atoms with Crippen LogP contribution in [0.5, 0.6) is 0 Å². The molecule has 5 nitrogen and oxygen atoms in total. The third-order valence-electron chi connectivity index (χ3n) is 3.88. The molecule has 0 saturated heterocycles. The molecule has 0 saturated carbocycles. The minimum atomic E-state index is -3.95. The summed E-state index contributed by atoms with van der Waals surface area (Å²) in [5, 5.41) is 3.36. The van der Waals surface area contributed by atoms with E-state index in [9.17, 15) is 13.2 Å². The van der Waals surface area contributed by atoms with Gasteiger partial charge in [0.05, 0.1) is 10.6 Å². The lowest BCUT2D eigenvalue weighted by molar-refractivity contribution is -0.114. The van der Waals surface area contributed by atoms with Crippen molar-refractivity contribution in [3.8, 4) is 0 Å². The Morgan fingerprint density at radius 2 is 1.52 bits per heavy atom. The van der Waals surface area contributed by atoms with Gasteiger partial charge in [0.15, 0.2) is 0 Å². The van der Waals surface area contributed by atoms with Crippen molar-refractivity contribution in [1.29, 1.82) is 0 Å². The molecular formula is C20H15Cl2IN2O3S. The van der Waals surface area contributed by atoms with Crippen LogP contribution in [-0.4, -0.2) is 20.9 Å². The standard InChI is InChI=1S/C20H15Cl2IN2O3S/c21-14-10-15(22)12-17(11-14)24-20(26)13-25(18-8-6-16(23)7-9-18)29(27,28)19-4-2-1-3-5-19/h1-12H,13H2,(H,24,26). The fourth-order valence-electron chi connectivity index (χ4n) is 2.60. The average molecular weight is 561 g/mol. The van der Waals surface area contributed by atoms with Gasteiger partial charge in [-0.15, -0.1) is 0 Å². The summed E-state index contributed by atoms with van der Waals surface area (Å²) in [7, 11) is -3.95. The minimum absolute atomic E-state index is 0.0946. The van der Waals surface area contributed by atoms with Crippen LogP contribution < -0.4 is 9.62 Å². The van der Waals surface area contributed by atoms with Gasteiger partial charge in [0.25, 0.3) is 10.0 Å². The average Bonchev–Trinajstić information content (AvgIpc) is 2.67. The summed E-state index contributed by atoms with van der Waals surface area (Å²) in [6, 6.07) is 19.4. The van der Waals surface area contributed by atoms with Crippen LogP contribution in [-0.2, 0) is 14.8 Å². The number of nitrogens with zero attached hydrogens (tertiary/aromatic N) is 1. The molecule has 0 heterocycles. The maximum atomic E-state index is 13.2. The van der Waals surface area contributed by atoms with Crippen molar-refractivity contribution in [1.82, 2.24) is 0 Å². The topological polar surface area (TPSA) is 66.5 Å². The Morgan fingerprint density at radius 3 is 2.10 bits per heavy atom. The third kappa shape index (κ3) is 5.63. The number of anilines is 2. The fraction of sp³-hybridized carbons (Fsp3) is 0.0500. The monoisotopic (exact) mass is 560 g/mol. The van der Waals surface area contributed by atoms with E-state index in [1.54, 1.807) is 42.5 Å². The zero-order valence-electron chi connectivity index (χ0n) is 14.8. The minimum Gasteiger partial charge on any atom is -0.324 e. The molecule has 150 valence electrons. The van der Waals surface area contributed by atoms with E-state index in [0.29, 0.717) is 21.4 Å². The van der Waals surface area contributed by atoms with Crippen molar-refractivity contribution >= 4 is 73.1 Å². The van der Waals surface area contributed by atoms with Gasteiger partial charge in [0.1, 0.15) is 6.54 Å². The summed E-state index contributed by atoms with van der Waals surface area (Å²) in [6.07, 6.45) is 0. The van der Waals surface area contributed by atoms with E-state index in [4.69, 9.17) is 23.2 Å². The van der Waals surface area contributed by atoms with E-state index >= 15 is 0 Å². The number of rotatable bonds is 6. The first-order valence-electron chi connectivity index (χ1n) is 8.35. The Hall–Kier alpha value is -1.81. The summed E-state index contributed by atoms with van der Waals surface area (Å²) in [5.74, 6) is -0.526. The highest BCUT2D eigenvalue weighted by molar-refractivity contribution is 14.1. The molecule has 0 spiro atoms. The number of carbonyl (C=O) groups excluding carboxylic acids is 1. The van der Waals surface area contributed by atoms with Gasteiger partial charge >= 0.3 is 0 Å². The van der Waals surface area contributed by atoms with E-state index in [2.05, 4.69) is 27.9 Å². The molecule has 9 heteroatoms. The van der Waals surface area contributed by atoms with Crippen molar-refractivity contribution < 1.29 is 13.2 Å². The lowest BCUT2D eigenvalue weighted by Crippen LogP contribution is -2.38. The number of carbonyl (C=O) groups is 1.